The smallest absolute Gasteiger partial charge is 0.340 e. The maximum atomic E-state index is 12.0. The van der Waals surface area contributed by atoms with Gasteiger partial charge in [0.1, 0.15) is 11.4 Å². The number of esters is 1. The molecule has 1 heterocycles. The summed E-state index contributed by atoms with van der Waals surface area (Å²) in [6.07, 6.45) is 3.14. The number of hydrogen-bond acceptors (Lipinski definition) is 6. The molecule has 142 valence electrons. The summed E-state index contributed by atoms with van der Waals surface area (Å²) in [5.74, 6) is 0.960. The van der Waals surface area contributed by atoms with E-state index in [9.17, 15) is 4.79 Å². The minimum absolute atomic E-state index is 0.108. The highest BCUT2D eigenvalue weighted by Crippen LogP contribution is 2.23. The van der Waals surface area contributed by atoms with Gasteiger partial charge in [-0.05, 0) is 42.0 Å². The van der Waals surface area contributed by atoms with Gasteiger partial charge in [0.2, 0.25) is 0 Å². The van der Waals surface area contributed by atoms with Crippen LogP contribution in [-0.2, 0) is 16.1 Å². The number of carbonyl (C=O) groups is 1. The van der Waals surface area contributed by atoms with E-state index in [1.54, 1.807) is 32.0 Å². The number of azide groups is 1. The molecule has 0 atom stereocenters. The van der Waals surface area contributed by atoms with Crippen LogP contribution in [0.4, 0.5) is 0 Å². The van der Waals surface area contributed by atoms with Gasteiger partial charge < -0.3 is 14.0 Å². The van der Waals surface area contributed by atoms with E-state index in [1.807, 2.05) is 35.8 Å². The number of benzene rings is 1. The van der Waals surface area contributed by atoms with E-state index in [-0.39, 0.29) is 12.3 Å². The van der Waals surface area contributed by atoms with Crippen molar-refractivity contribution in [3.05, 3.63) is 57.9 Å². The van der Waals surface area contributed by atoms with E-state index in [1.165, 1.54) is 6.08 Å². The second kappa shape index (κ2) is 10.3. The summed E-state index contributed by atoms with van der Waals surface area (Å²) in [4.78, 5) is 19.1. The molecule has 0 spiro atoms. The summed E-state index contributed by atoms with van der Waals surface area (Å²) in [6.45, 7) is 4.47. The topological polar surface area (TPSA) is 102 Å². The van der Waals surface area contributed by atoms with Crippen LogP contribution in [0.25, 0.3) is 16.5 Å². The van der Waals surface area contributed by atoms with Crippen molar-refractivity contribution in [1.82, 2.24) is 9.55 Å². The molecule has 27 heavy (non-hydrogen) atoms. The Bertz CT molecular complexity index is 854. The van der Waals surface area contributed by atoms with Crippen molar-refractivity contribution in [2.24, 2.45) is 5.11 Å². The van der Waals surface area contributed by atoms with Crippen LogP contribution in [0.2, 0.25) is 0 Å². The van der Waals surface area contributed by atoms with Crippen LogP contribution in [0.15, 0.2) is 46.4 Å². The van der Waals surface area contributed by atoms with Crippen LogP contribution in [0, 0.1) is 0 Å². The highest BCUT2D eigenvalue weighted by Gasteiger charge is 2.14. The summed E-state index contributed by atoms with van der Waals surface area (Å²) in [5.41, 5.74) is 10.3. The van der Waals surface area contributed by atoms with Crippen molar-refractivity contribution in [3.63, 3.8) is 0 Å². The van der Waals surface area contributed by atoms with Gasteiger partial charge in [0, 0.05) is 4.91 Å². The van der Waals surface area contributed by atoms with Crippen molar-refractivity contribution >= 4 is 23.8 Å². The van der Waals surface area contributed by atoms with Crippen LogP contribution in [-0.4, -0.2) is 35.0 Å². The van der Waals surface area contributed by atoms with Crippen LogP contribution in [0.5, 0.6) is 5.75 Å². The zero-order valence-electron chi connectivity index (χ0n) is 15.5. The molecule has 2 aromatic rings. The minimum Gasteiger partial charge on any atom is -0.497 e. The predicted octanol–water partition coefficient (Wildman–Crippen LogP) is 4.27. The molecular weight excluding hydrogens is 366 g/mol. The van der Waals surface area contributed by atoms with Crippen LogP contribution < -0.4 is 4.74 Å². The fraction of sp³-hybridized carbons (Fsp3) is 0.333. The molecule has 0 fully saturated rings. The largest absolute Gasteiger partial charge is 0.497 e. The van der Waals surface area contributed by atoms with Crippen molar-refractivity contribution in [3.8, 4) is 5.75 Å². The monoisotopic (exact) mass is 387 g/mol. The molecule has 9 heteroatoms. The van der Waals surface area contributed by atoms with Gasteiger partial charge in [-0.2, -0.15) is 0 Å². The summed E-state index contributed by atoms with van der Waals surface area (Å²) in [5, 5.41) is 4.28. The fourth-order valence-corrected chi connectivity index (χ4v) is 3.04. The molecule has 0 bridgehead atoms. The van der Waals surface area contributed by atoms with Gasteiger partial charge in [-0.3, -0.25) is 0 Å². The molecule has 0 aliphatic carbocycles. The lowest BCUT2D eigenvalue weighted by atomic mass is 10.2. The normalized spacial score (nSPS) is 11.0. The highest BCUT2D eigenvalue weighted by molar-refractivity contribution is 7.99. The number of imidazole rings is 1. The van der Waals surface area contributed by atoms with Gasteiger partial charge in [0.05, 0.1) is 32.2 Å². The van der Waals surface area contributed by atoms with Crippen LogP contribution >= 0.6 is 11.8 Å². The molecule has 0 aliphatic heterocycles. The summed E-state index contributed by atoms with van der Waals surface area (Å²) in [7, 11) is 1.62. The van der Waals surface area contributed by atoms with Gasteiger partial charge in [0.25, 0.3) is 0 Å². The third-order valence-electron chi connectivity index (χ3n) is 3.54. The number of aromatic nitrogens is 2. The van der Waals surface area contributed by atoms with Crippen LogP contribution in [0.1, 0.15) is 25.1 Å². The third-order valence-corrected chi connectivity index (χ3v) is 4.42. The fourth-order valence-electron chi connectivity index (χ4n) is 2.32. The maximum Gasteiger partial charge on any atom is 0.340 e. The molecule has 0 radical (unpaired) electrons. The van der Waals surface area contributed by atoms with E-state index >= 15 is 0 Å². The first-order valence-corrected chi connectivity index (χ1v) is 9.36. The lowest BCUT2D eigenvalue weighted by Crippen LogP contribution is -2.08. The molecule has 0 aliphatic rings. The number of ether oxygens (including phenoxy) is 2. The average molecular weight is 387 g/mol. The average Bonchev–Trinajstić information content (AvgIpc) is 3.04. The van der Waals surface area contributed by atoms with Crippen LogP contribution in [0.3, 0.4) is 0 Å². The molecule has 8 nitrogen and oxygen atoms in total. The Kier molecular flexibility index (Phi) is 7.79. The molecule has 0 N–H and O–H groups in total. The lowest BCUT2D eigenvalue weighted by molar-refractivity contribution is -0.138. The van der Waals surface area contributed by atoms with Crippen molar-refractivity contribution in [2.75, 3.05) is 19.5 Å². The zero-order valence-corrected chi connectivity index (χ0v) is 16.3. The Hall–Kier alpha value is -2.90. The first-order chi connectivity index (χ1) is 13.1. The lowest BCUT2D eigenvalue weighted by Gasteiger charge is -2.11. The first kappa shape index (κ1) is 20.4. The molecule has 2 rings (SSSR count). The van der Waals surface area contributed by atoms with Gasteiger partial charge in [-0.25, -0.2) is 9.78 Å². The number of thioether (sulfide) groups is 1. The van der Waals surface area contributed by atoms with Crippen molar-refractivity contribution < 1.29 is 14.3 Å². The second-order valence-electron chi connectivity index (χ2n) is 5.27. The van der Waals surface area contributed by atoms with E-state index < -0.39 is 5.97 Å². The first-order valence-electron chi connectivity index (χ1n) is 8.38. The predicted molar refractivity (Wildman–Crippen MR) is 104 cm³/mol. The summed E-state index contributed by atoms with van der Waals surface area (Å²) in [6, 6.07) is 7.70. The quantitative estimate of drug-likeness (QED) is 0.160. The second-order valence-corrected chi connectivity index (χ2v) is 6.50. The van der Waals surface area contributed by atoms with E-state index in [2.05, 4.69) is 15.0 Å². The molecule has 0 amide bonds. The molecular formula is C18H21N5O3S. The number of hydrogen-bond donors (Lipinski definition) is 0. The van der Waals surface area contributed by atoms with E-state index in [4.69, 9.17) is 15.0 Å². The van der Waals surface area contributed by atoms with Gasteiger partial charge in [0.15, 0.2) is 5.16 Å². The molecule has 0 unspecified atom stereocenters. The van der Waals surface area contributed by atoms with Crippen molar-refractivity contribution in [1.29, 1.82) is 0 Å². The summed E-state index contributed by atoms with van der Waals surface area (Å²) < 4.78 is 12.1. The van der Waals surface area contributed by atoms with Gasteiger partial charge in [-0.15, -0.1) is 0 Å². The maximum absolute atomic E-state index is 12.0. The molecule has 0 saturated heterocycles. The molecule has 1 aromatic carbocycles. The Morgan fingerprint density at radius 2 is 2.11 bits per heavy atom. The van der Waals surface area contributed by atoms with E-state index in [0.29, 0.717) is 12.2 Å². The Balaban J connectivity index is 2.42. The Morgan fingerprint density at radius 1 is 1.37 bits per heavy atom. The van der Waals surface area contributed by atoms with Crippen molar-refractivity contribution in [2.45, 2.75) is 25.5 Å². The number of rotatable bonds is 9. The summed E-state index contributed by atoms with van der Waals surface area (Å²) >= 11 is 1.59. The SMILES string of the molecule is CCOC(=O)/C(=C\c1cnc(SCC)n1Cc1ccc(OC)cc1)N=[N+]=[N-]. The Morgan fingerprint density at radius 3 is 2.70 bits per heavy atom. The van der Waals surface area contributed by atoms with E-state index in [0.717, 1.165) is 22.2 Å². The molecule has 1 aromatic heterocycles. The standard InChI is InChI=1S/C18H21N5O3S/c1-4-26-17(24)16(21-22-19)10-14-11-20-18(27-5-2)23(14)12-13-6-8-15(25-3)9-7-13/h6-11H,4-5,12H2,1-3H3/b16-10+. The van der Waals surface area contributed by atoms with Gasteiger partial charge >= 0.3 is 5.97 Å². The third kappa shape index (κ3) is 5.54. The minimum atomic E-state index is -0.669. The zero-order chi connectivity index (χ0) is 19.6. The molecule has 0 saturated carbocycles. The Labute approximate surface area is 161 Å². The number of nitrogens with zero attached hydrogens (tertiary/aromatic N) is 5. The van der Waals surface area contributed by atoms with Gasteiger partial charge in [-0.1, -0.05) is 35.9 Å². The highest BCUT2D eigenvalue weighted by atomic mass is 32.2. The number of methoxy groups -OCH3 is 1. The number of carbonyl (C=O) groups excluding carboxylic acids is 1.